The molecule has 38 heavy (non-hydrogen) atoms. The standard InChI is InChI=1S/C28H24FN3O4S2/c1-12-3-2-4-15(9-12)30-18(33)11-32-26(34)21-16-10-17(22(21)27(32)35)23-20(16)19(13-5-7-14(29)8-6-13)24-25(37-23)31-28(36)38-24/h2-9,16-17,19-23H,10-11H2,1H3,(H,30,33)(H,31,36)/t16-,17+,19-,20+,21-,22+,23-/m1/s1. The summed E-state index contributed by atoms with van der Waals surface area (Å²) >= 11 is 2.77. The maximum atomic E-state index is 13.8. The van der Waals surface area contributed by atoms with Crippen molar-refractivity contribution in [3.8, 4) is 0 Å². The molecular weight excluding hydrogens is 525 g/mol. The molecule has 0 unspecified atom stereocenters. The van der Waals surface area contributed by atoms with E-state index in [1.165, 1.54) is 23.5 Å². The number of aryl methyl sites for hydroxylation is 1. The molecule has 2 aromatic carbocycles. The van der Waals surface area contributed by atoms with E-state index in [9.17, 15) is 23.6 Å². The molecule has 1 aromatic heterocycles. The Balaban J connectivity index is 1.19. The number of thiazole rings is 1. The number of halogens is 1. The lowest BCUT2D eigenvalue weighted by atomic mass is 9.68. The van der Waals surface area contributed by atoms with Crippen LogP contribution in [-0.4, -0.2) is 39.4 Å². The summed E-state index contributed by atoms with van der Waals surface area (Å²) in [5.74, 6) is -2.40. The largest absolute Gasteiger partial charge is 0.325 e. The topological polar surface area (TPSA) is 99.3 Å². The van der Waals surface area contributed by atoms with Gasteiger partial charge in [-0.1, -0.05) is 35.6 Å². The Morgan fingerprint density at radius 1 is 1.08 bits per heavy atom. The van der Waals surface area contributed by atoms with Crippen molar-refractivity contribution in [2.45, 2.75) is 29.5 Å². The van der Waals surface area contributed by atoms with Crippen LogP contribution in [0.15, 0.2) is 58.4 Å². The fraction of sp³-hybridized carbons (Fsp3) is 0.357. The summed E-state index contributed by atoms with van der Waals surface area (Å²) in [5, 5.41) is 3.66. The number of carbonyl (C=O) groups is 3. The van der Waals surface area contributed by atoms with E-state index < -0.39 is 17.7 Å². The van der Waals surface area contributed by atoms with Crippen LogP contribution in [0.3, 0.4) is 0 Å². The predicted octanol–water partition coefficient (Wildman–Crippen LogP) is 4.00. The number of hydrogen-bond acceptors (Lipinski definition) is 6. The molecule has 10 heteroatoms. The Morgan fingerprint density at radius 3 is 2.55 bits per heavy atom. The average molecular weight is 550 g/mol. The van der Waals surface area contributed by atoms with Crippen molar-refractivity contribution in [3.63, 3.8) is 0 Å². The number of H-pyrrole nitrogens is 1. The molecule has 194 valence electrons. The number of aromatic amines is 1. The van der Waals surface area contributed by atoms with Crippen molar-refractivity contribution in [2.24, 2.45) is 29.6 Å². The molecule has 3 fully saturated rings. The van der Waals surface area contributed by atoms with Crippen LogP contribution in [0, 0.1) is 42.3 Å². The minimum absolute atomic E-state index is 0.0271. The predicted molar refractivity (Wildman–Crippen MR) is 141 cm³/mol. The molecule has 3 heterocycles. The molecule has 0 spiro atoms. The molecule has 7 nitrogen and oxygen atoms in total. The minimum Gasteiger partial charge on any atom is -0.325 e. The van der Waals surface area contributed by atoms with Crippen LogP contribution in [0.1, 0.15) is 28.3 Å². The molecule has 2 aliphatic carbocycles. The smallest absolute Gasteiger partial charge is 0.305 e. The molecule has 4 aliphatic rings. The van der Waals surface area contributed by atoms with Gasteiger partial charge in [0, 0.05) is 21.7 Å². The molecule has 2 N–H and O–H groups in total. The van der Waals surface area contributed by atoms with Crippen LogP contribution in [-0.2, 0) is 14.4 Å². The summed E-state index contributed by atoms with van der Waals surface area (Å²) in [6.07, 6.45) is 0.759. The second-order valence-electron chi connectivity index (χ2n) is 10.7. The number of hydrogen-bond donors (Lipinski definition) is 2. The Morgan fingerprint density at radius 2 is 1.82 bits per heavy atom. The van der Waals surface area contributed by atoms with Gasteiger partial charge in [0.2, 0.25) is 17.7 Å². The van der Waals surface area contributed by atoms with Gasteiger partial charge in [-0.15, -0.1) is 11.8 Å². The van der Waals surface area contributed by atoms with E-state index in [1.54, 1.807) is 30.0 Å². The van der Waals surface area contributed by atoms with Crippen LogP contribution >= 0.6 is 23.1 Å². The number of fused-ring (bicyclic) bond motifs is 9. The molecule has 3 amide bonds. The zero-order chi connectivity index (χ0) is 26.3. The SMILES string of the molecule is Cc1cccc(NC(=O)CN2C(=O)[C@@H]3[C@@H]4C[C@H]([C@H]5Sc6[nH]c(=O)sc6[C@H](c6ccc(F)cc6)[C@H]45)[C@@H]3C2=O)c1. The Hall–Kier alpha value is -3.24. The number of amides is 3. The zero-order valence-corrected chi connectivity index (χ0v) is 22.0. The molecule has 1 saturated heterocycles. The number of aromatic nitrogens is 1. The van der Waals surface area contributed by atoms with E-state index in [-0.39, 0.29) is 58.0 Å². The van der Waals surface area contributed by atoms with Crippen molar-refractivity contribution in [3.05, 3.63) is 80.0 Å². The highest BCUT2D eigenvalue weighted by atomic mass is 32.2. The second-order valence-corrected chi connectivity index (χ2v) is 12.9. The Kier molecular flexibility index (Phi) is 5.42. The van der Waals surface area contributed by atoms with Gasteiger partial charge < -0.3 is 10.3 Å². The van der Waals surface area contributed by atoms with Gasteiger partial charge in [0.15, 0.2) is 0 Å². The molecule has 2 saturated carbocycles. The monoisotopic (exact) mass is 549 g/mol. The quantitative estimate of drug-likeness (QED) is 0.480. The average Bonchev–Trinajstić information content (AvgIpc) is 3.60. The number of nitrogens with zero attached hydrogens (tertiary/aromatic N) is 1. The van der Waals surface area contributed by atoms with Gasteiger partial charge >= 0.3 is 4.87 Å². The first-order chi connectivity index (χ1) is 18.3. The summed E-state index contributed by atoms with van der Waals surface area (Å²) in [7, 11) is 0. The normalized spacial score (nSPS) is 30.8. The van der Waals surface area contributed by atoms with E-state index in [1.807, 2.05) is 25.1 Å². The lowest BCUT2D eigenvalue weighted by Crippen LogP contribution is -2.42. The fourth-order valence-corrected chi connectivity index (χ4v) is 10.2. The van der Waals surface area contributed by atoms with E-state index >= 15 is 0 Å². The number of imide groups is 1. The Bertz CT molecular complexity index is 1550. The lowest BCUT2D eigenvalue weighted by molar-refractivity contribution is -0.143. The fourth-order valence-electron chi connectivity index (χ4n) is 7.34. The van der Waals surface area contributed by atoms with Gasteiger partial charge in [-0.05, 0) is 66.5 Å². The molecule has 7 rings (SSSR count). The summed E-state index contributed by atoms with van der Waals surface area (Å²) in [5.41, 5.74) is 2.53. The maximum absolute atomic E-state index is 13.8. The van der Waals surface area contributed by atoms with Gasteiger partial charge in [0.1, 0.15) is 12.4 Å². The number of rotatable bonds is 4. The van der Waals surface area contributed by atoms with E-state index in [4.69, 9.17) is 0 Å². The highest BCUT2D eigenvalue weighted by molar-refractivity contribution is 8.00. The summed E-state index contributed by atoms with van der Waals surface area (Å²) < 4.78 is 13.8. The lowest BCUT2D eigenvalue weighted by Gasteiger charge is -2.43. The van der Waals surface area contributed by atoms with Crippen LogP contribution in [0.4, 0.5) is 10.1 Å². The summed E-state index contributed by atoms with van der Waals surface area (Å²) in [4.78, 5) is 57.2. The highest BCUT2D eigenvalue weighted by Gasteiger charge is 2.69. The number of carbonyl (C=O) groups excluding carboxylic acids is 3. The number of thioether (sulfide) groups is 1. The molecule has 3 aromatic rings. The number of benzene rings is 2. The highest BCUT2D eigenvalue weighted by Crippen LogP contribution is 2.68. The third-order valence-corrected chi connectivity index (χ3v) is 11.2. The van der Waals surface area contributed by atoms with Crippen molar-refractivity contribution in [1.82, 2.24) is 9.88 Å². The van der Waals surface area contributed by atoms with Gasteiger partial charge in [-0.2, -0.15) is 0 Å². The van der Waals surface area contributed by atoms with E-state index in [0.717, 1.165) is 32.4 Å². The zero-order valence-electron chi connectivity index (χ0n) is 20.3. The minimum atomic E-state index is -0.471. The van der Waals surface area contributed by atoms with Gasteiger partial charge in [-0.25, -0.2) is 4.39 Å². The third kappa shape index (κ3) is 3.53. The third-order valence-electron chi connectivity index (χ3n) is 8.65. The van der Waals surface area contributed by atoms with Crippen molar-refractivity contribution in [2.75, 3.05) is 11.9 Å². The van der Waals surface area contributed by atoms with Crippen molar-refractivity contribution < 1.29 is 18.8 Å². The first kappa shape index (κ1) is 23.8. The van der Waals surface area contributed by atoms with Gasteiger partial charge in [-0.3, -0.25) is 24.1 Å². The molecular formula is C28H24FN3O4S2. The number of anilines is 1. The first-order valence-corrected chi connectivity index (χ1v) is 14.4. The maximum Gasteiger partial charge on any atom is 0.305 e. The van der Waals surface area contributed by atoms with Crippen LogP contribution in [0.5, 0.6) is 0 Å². The van der Waals surface area contributed by atoms with Gasteiger partial charge in [0.05, 0.1) is 16.9 Å². The van der Waals surface area contributed by atoms with Crippen molar-refractivity contribution in [1.29, 1.82) is 0 Å². The second kappa shape index (κ2) is 8.64. The van der Waals surface area contributed by atoms with Gasteiger partial charge in [0.25, 0.3) is 0 Å². The first-order valence-electron chi connectivity index (χ1n) is 12.7. The van der Waals surface area contributed by atoms with Crippen LogP contribution in [0.2, 0.25) is 0 Å². The van der Waals surface area contributed by atoms with E-state index in [2.05, 4.69) is 10.3 Å². The molecule has 7 atom stereocenters. The number of nitrogens with one attached hydrogen (secondary N) is 2. The van der Waals surface area contributed by atoms with E-state index in [0.29, 0.717) is 5.69 Å². The van der Waals surface area contributed by atoms with Crippen molar-refractivity contribution >= 4 is 46.5 Å². The van der Waals surface area contributed by atoms with Crippen LogP contribution < -0.4 is 10.2 Å². The van der Waals surface area contributed by atoms with Crippen LogP contribution in [0.25, 0.3) is 0 Å². The molecule has 0 radical (unpaired) electrons. The summed E-state index contributed by atoms with van der Waals surface area (Å²) in [6.45, 7) is 1.62. The summed E-state index contributed by atoms with van der Waals surface area (Å²) in [6, 6.07) is 13.7. The number of likely N-dealkylation sites (tertiary alicyclic amines) is 1. The Labute approximate surface area is 225 Å². The molecule has 2 aliphatic heterocycles. The molecule has 2 bridgehead atoms.